The van der Waals surface area contributed by atoms with Crippen LogP contribution in [0.15, 0.2) is 42.5 Å². The molecule has 11 heteroatoms. The molecular formula is C24H21ClF2N6O2. The maximum absolute atomic E-state index is 13.5. The second-order valence-corrected chi connectivity index (χ2v) is 8.44. The molecule has 0 saturated heterocycles. The van der Waals surface area contributed by atoms with Crippen LogP contribution in [0.1, 0.15) is 55.0 Å². The van der Waals surface area contributed by atoms with Crippen LogP contribution in [-0.4, -0.2) is 32.2 Å². The summed E-state index contributed by atoms with van der Waals surface area (Å²) in [6, 6.07) is 9.97. The summed E-state index contributed by atoms with van der Waals surface area (Å²) in [7, 11) is 0. The van der Waals surface area contributed by atoms with Crippen LogP contribution in [0.5, 0.6) is 0 Å². The Morgan fingerprint density at radius 2 is 1.71 bits per heavy atom. The van der Waals surface area contributed by atoms with Crippen molar-refractivity contribution in [3.8, 4) is 0 Å². The second kappa shape index (κ2) is 9.67. The zero-order valence-corrected chi connectivity index (χ0v) is 19.7. The molecule has 0 radical (unpaired) electrons. The van der Waals surface area contributed by atoms with Gasteiger partial charge in [0.25, 0.3) is 11.8 Å². The lowest BCUT2D eigenvalue weighted by molar-refractivity contribution is 0.0937. The summed E-state index contributed by atoms with van der Waals surface area (Å²) in [6.45, 7) is 5.68. The summed E-state index contributed by atoms with van der Waals surface area (Å²) in [5.74, 6) is -3.67. The molecule has 0 bridgehead atoms. The largest absolute Gasteiger partial charge is 0.340 e. The Balaban J connectivity index is 1.56. The molecule has 0 fully saturated rings. The van der Waals surface area contributed by atoms with Crippen molar-refractivity contribution in [1.29, 1.82) is 0 Å². The molecule has 35 heavy (non-hydrogen) atoms. The first-order chi connectivity index (χ1) is 16.6. The Hall–Kier alpha value is -4.05. The molecule has 4 N–H and O–H groups in total. The Morgan fingerprint density at radius 3 is 2.40 bits per heavy atom. The van der Waals surface area contributed by atoms with Gasteiger partial charge in [-0.25, -0.2) is 8.78 Å². The Morgan fingerprint density at radius 1 is 0.971 bits per heavy atom. The van der Waals surface area contributed by atoms with E-state index in [0.717, 1.165) is 28.1 Å². The van der Waals surface area contributed by atoms with Crippen molar-refractivity contribution in [2.75, 3.05) is 5.32 Å². The predicted molar refractivity (Wildman–Crippen MR) is 126 cm³/mol. The van der Waals surface area contributed by atoms with E-state index in [0.29, 0.717) is 12.1 Å². The van der Waals surface area contributed by atoms with Gasteiger partial charge in [-0.1, -0.05) is 41.4 Å². The standard InChI is InChI=1S/C24H21ClF2N6O2/c1-11-5-4-6-14(7-11)22(21-12(2)30-31-13(21)3)29-24(35)19-10-20(33-32-19)28-23(34)15-8-17(26)18(27)9-16(15)25/h4-10,22H,1-3H3,(H,29,35)(H,30,31)(H2,28,32,33,34). The Bertz CT molecular complexity index is 1410. The van der Waals surface area contributed by atoms with E-state index in [1.54, 1.807) is 0 Å². The van der Waals surface area contributed by atoms with E-state index in [9.17, 15) is 18.4 Å². The first-order valence-electron chi connectivity index (χ1n) is 10.5. The van der Waals surface area contributed by atoms with Gasteiger partial charge in [0.1, 0.15) is 5.69 Å². The lowest BCUT2D eigenvalue weighted by atomic mass is 9.95. The number of nitrogens with one attached hydrogen (secondary N) is 4. The average molecular weight is 499 g/mol. The zero-order valence-electron chi connectivity index (χ0n) is 19.0. The summed E-state index contributed by atoms with van der Waals surface area (Å²) in [6.07, 6.45) is 0. The lowest BCUT2D eigenvalue weighted by Gasteiger charge is -2.20. The molecule has 0 saturated carbocycles. The van der Waals surface area contributed by atoms with Crippen LogP contribution in [0.4, 0.5) is 14.6 Å². The molecule has 1 unspecified atom stereocenters. The predicted octanol–water partition coefficient (Wildman–Crippen LogP) is 4.76. The number of aryl methyl sites for hydroxylation is 3. The number of benzene rings is 2. The normalized spacial score (nSPS) is 11.8. The van der Waals surface area contributed by atoms with Crippen LogP contribution in [0.3, 0.4) is 0 Å². The molecule has 8 nitrogen and oxygen atoms in total. The maximum atomic E-state index is 13.5. The van der Waals surface area contributed by atoms with Crippen molar-refractivity contribution in [2.24, 2.45) is 0 Å². The number of halogens is 3. The fourth-order valence-corrected chi connectivity index (χ4v) is 3.98. The highest BCUT2D eigenvalue weighted by Crippen LogP contribution is 2.28. The third kappa shape index (κ3) is 5.07. The first-order valence-corrected chi connectivity index (χ1v) is 10.9. The molecule has 2 heterocycles. The number of aromatic amines is 2. The minimum atomic E-state index is -1.21. The van der Waals surface area contributed by atoms with Gasteiger partial charge in [-0.2, -0.15) is 10.2 Å². The fourth-order valence-electron chi connectivity index (χ4n) is 3.75. The quantitative estimate of drug-likeness (QED) is 0.287. The molecule has 0 spiro atoms. The minimum Gasteiger partial charge on any atom is -0.340 e. The number of anilines is 1. The number of H-pyrrole nitrogens is 2. The van der Waals surface area contributed by atoms with E-state index in [1.807, 2.05) is 45.0 Å². The van der Waals surface area contributed by atoms with E-state index in [1.165, 1.54) is 6.07 Å². The van der Waals surface area contributed by atoms with Crippen molar-refractivity contribution in [3.05, 3.63) is 98.5 Å². The molecule has 2 aromatic carbocycles. The molecule has 180 valence electrons. The van der Waals surface area contributed by atoms with Gasteiger partial charge in [-0.3, -0.25) is 19.8 Å². The van der Waals surface area contributed by atoms with Gasteiger partial charge >= 0.3 is 0 Å². The molecule has 0 aliphatic carbocycles. The van der Waals surface area contributed by atoms with Gasteiger partial charge in [0.2, 0.25) is 0 Å². The van der Waals surface area contributed by atoms with Crippen molar-refractivity contribution in [3.63, 3.8) is 0 Å². The highest BCUT2D eigenvalue weighted by Gasteiger charge is 2.24. The van der Waals surface area contributed by atoms with Crippen LogP contribution in [-0.2, 0) is 0 Å². The molecule has 1 atom stereocenters. The van der Waals surface area contributed by atoms with Crippen LogP contribution < -0.4 is 10.6 Å². The third-order valence-corrected chi connectivity index (χ3v) is 5.76. The molecule has 0 aliphatic heterocycles. The third-order valence-electron chi connectivity index (χ3n) is 5.44. The highest BCUT2D eigenvalue weighted by atomic mass is 35.5. The number of amides is 2. The molecule has 4 aromatic rings. The molecule has 2 aromatic heterocycles. The SMILES string of the molecule is Cc1cccc(C(NC(=O)c2cc(NC(=O)c3cc(F)c(F)cc3Cl)n[nH]2)c2c(C)n[nH]c2C)c1. The summed E-state index contributed by atoms with van der Waals surface area (Å²) in [5, 5.41) is 18.8. The number of carbonyl (C=O) groups is 2. The van der Waals surface area contributed by atoms with Crippen LogP contribution in [0.2, 0.25) is 5.02 Å². The van der Waals surface area contributed by atoms with Gasteiger partial charge in [0.15, 0.2) is 17.5 Å². The van der Waals surface area contributed by atoms with E-state index in [2.05, 4.69) is 31.0 Å². The number of aromatic nitrogens is 4. The van der Waals surface area contributed by atoms with E-state index >= 15 is 0 Å². The van der Waals surface area contributed by atoms with E-state index < -0.39 is 29.5 Å². The van der Waals surface area contributed by atoms with Gasteiger partial charge in [0.05, 0.1) is 22.3 Å². The summed E-state index contributed by atoms with van der Waals surface area (Å²) >= 11 is 5.85. The van der Waals surface area contributed by atoms with Crippen molar-refractivity contribution in [2.45, 2.75) is 26.8 Å². The molecular weight excluding hydrogens is 478 g/mol. The van der Waals surface area contributed by atoms with Crippen molar-refractivity contribution < 1.29 is 18.4 Å². The zero-order chi connectivity index (χ0) is 25.3. The monoisotopic (exact) mass is 498 g/mol. The average Bonchev–Trinajstić information content (AvgIpc) is 3.40. The fraction of sp³-hybridized carbons (Fsp3) is 0.167. The van der Waals surface area contributed by atoms with Crippen LogP contribution >= 0.6 is 11.6 Å². The van der Waals surface area contributed by atoms with Gasteiger partial charge in [0, 0.05) is 17.3 Å². The van der Waals surface area contributed by atoms with E-state index in [-0.39, 0.29) is 22.1 Å². The molecule has 2 amide bonds. The maximum Gasteiger partial charge on any atom is 0.270 e. The Kier molecular flexibility index (Phi) is 6.65. The second-order valence-electron chi connectivity index (χ2n) is 8.04. The number of hydrogen-bond acceptors (Lipinski definition) is 4. The smallest absolute Gasteiger partial charge is 0.270 e. The van der Waals surface area contributed by atoms with Crippen LogP contribution in [0, 0.1) is 32.4 Å². The number of nitrogens with zero attached hydrogens (tertiary/aromatic N) is 2. The summed E-state index contributed by atoms with van der Waals surface area (Å²) < 4.78 is 26.8. The molecule has 0 aliphatic rings. The summed E-state index contributed by atoms with van der Waals surface area (Å²) in [4.78, 5) is 25.6. The number of carbonyl (C=O) groups excluding carboxylic acids is 2. The minimum absolute atomic E-state index is 0.00345. The lowest BCUT2D eigenvalue weighted by Crippen LogP contribution is -2.30. The topological polar surface area (TPSA) is 116 Å². The first kappa shape index (κ1) is 24.1. The number of rotatable bonds is 6. The van der Waals surface area contributed by atoms with Crippen molar-refractivity contribution in [1.82, 2.24) is 25.7 Å². The van der Waals surface area contributed by atoms with Gasteiger partial charge in [-0.15, -0.1) is 0 Å². The number of hydrogen-bond donors (Lipinski definition) is 4. The van der Waals surface area contributed by atoms with Crippen molar-refractivity contribution >= 4 is 29.2 Å². The summed E-state index contributed by atoms with van der Waals surface area (Å²) in [5.41, 5.74) is 4.10. The Labute approximate surface area is 204 Å². The van der Waals surface area contributed by atoms with E-state index in [4.69, 9.17) is 11.6 Å². The van der Waals surface area contributed by atoms with Gasteiger partial charge in [-0.05, 0) is 38.5 Å². The highest BCUT2D eigenvalue weighted by molar-refractivity contribution is 6.34. The van der Waals surface area contributed by atoms with Gasteiger partial charge < -0.3 is 10.6 Å². The van der Waals surface area contributed by atoms with Crippen LogP contribution in [0.25, 0.3) is 0 Å². The molecule has 4 rings (SSSR count).